The largest absolute Gasteiger partial charge is 0.403 e. The van der Waals surface area contributed by atoms with Crippen LogP contribution in [0.1, 0.15) is 36.8 Å². The lowest BCUT2D eigenvalue weighted by Crippen LogP contribution is -2.42. The summed E-state index contributed by atoms with van der Waals surface area (Å²) in [5, 5.41) is 12.3. The van der Waals surface area contributed by atoms with E-state index in [2.05, 4.69) is 27.6 Å². The molecule has 1 unspecified atom stereocenters. The molecule has 0 spiro atoms. The van der Waals surface area contributed by atoms with Crippen LogP contribution in [0.15, 0.2) is 44.3 Å². The van der Waals surface area contributed by atoms with Gasteiger partial charge >= 0.3 is 6.01 Å². The number of hydrogen-bond acceptors (Lipinski definition) is 7. The van der Waals surface area contributed by atoms with E-state index < -0.39 is 22.0 Å². The van der Waals surface area contributed by atoms with Gasteiger partial charge in [-0.15, -0.1) is 16.4 Å². The molecule has 1 saturated heterocycles. The molecule has 0 saturated carbocycles. The number of amides is 1. The fourth-order valence-electron chi connectivity index (χ4n) is 4.26. The number of sulfonamides is 1. The smallest absolute Gasteiger partial charge is 0.322 e. The number of rotatable bonds is 5. The van der Waals surface area contributed by atoms with Gasteiger partial charge in [0.2, 0.25) is 11.8 Å². The Hall–Kier alpha value is -2.56. The topological polar surface area (TPSA) is 105 Å². The van der Waals surface area contributed by atoms with Crippen LogP contribution in [0.2, 0.25) is 0 Å². The summed E-state index contributed by atoms with van der Waals surface area (Å²) in [5.74, 6) is -0.128. The molecule has 3 heterocycles. The van der Waals surface area contributed by atoms with Crippen molar-refractivity contribution in [2.24, 2.45) is 0 Å². The Kier molecular flexibility index (Phi) is 5.37. The second kappa shape index (κ2) is 8.18. The Morgan fingerprint density at radius 3 is 2.77 bits per heavy atom. The predicted molar refractivity (Wildman–Crippen MR) is 116 cm³/mol. The van der Waals surface area contributed by atoms with Crippen LogP contribution in [0, 0.1) is 0 Å². The summed E-state index contributed by atoms with van der Waals surface area (Å²) in [5.41, 5.74) is 3.47. The molecule has 2 aliphatic rings. The molecule has 2 aromatic heterocycles. The number of aromatic nitrogens is 2. The third-order valence-corrected chi connectivity index (χ3v) is 9.10. The number of thiophene rings is 1. The molecule has 1 amide bonds. The van der Waals surface area contributed by atoms with E-state index in [1.165, 1.54) is 28.3 Å². The van der Waals surface area contributed by atoms with E-state index in [1.54, 1.807) is 17.5 Å². The lowest BCUT2D eigenvalue weighted by Gasteiger charge is -2.21. The normalized spacial score (nSPS) is 19.3. The number of benzene rings is 1. The van der Waals surface area contributed by atoms with Gasteiger partial charge in [0, 0.05) is 12.1 Å². The number of fused-ring (bicyclic) bond motifs is 1. The van der Waals surface area contributed by atoms with Crippen molar-refractivity contribution in [2.75, 3.05) is 11.9 Å². The lowest BCUT2D eigenvalue weighted by atomic mass is 9.90. The van der Waals surface area contributed by atoms with Gasteiger partial charge in [0.15, 0.2) is 0 Å². The Balaban J connectivity index is 1.32. The molecule has 1 N–H and O–H groups in total. The van der Waals surface area contributed by atoms with Crippen LogP contribution in [0.3, 0.4) is 0 Å². The molecule has 162 valence electrons. The Labute approximate surface area is 184 Å². The third-order valence-electron chi connectivity index (χ3n) is 5.81. The maximum atomic E-state index is 12.9. The molecule has 0 bridgehead atoms. The second-order valence-electron chi connectivity index (χ2n) is 7.80. The van der Waals surface area contributed by atoms with Crippen molar-refractivity contribution in [3.05, 3.63) is 46.8 Å². The molecule has 1 aromatic carbocycles. The van der Waals surface area contributed by atoms with E-state index in [0.29, 0.717) is 25.3 Å². The number of hydrogen-bond donors (Lipinski definition) is 1. The van der Waals surface area contributed by atoms with Crippen LogP contribution >= 0.6 is 11.3 Å². The van der Waals surface area contributed by atoms with E-state index in [9.17, 15) is 13.2 Å². The molecule has 31 heavy (non-hydrogen) atoms. The van der Waals surface area contributed by atoms with Gasteiger partial charge < -0.3 is 4.42 Å². The number of carbonyl (C=O) groups excluding carboxylic acids is 1. The predicted octanol–water partition coefficient (Wildman–Crippen LogP) is 3.47. The maximum Gasteiger partial charge on any atom is 0.322 e. The summed E-state index contributed by atoms with van der Waals surface area (Å²) in [7, 11) is -3.70. The maximum absolute atomic E-state index is 12.9. The number of nitrogens with one attached hydrogen (secondary N) is 1. The summed E-state index contributed by atoms with van der Waals surface area (Å²) in [6.45, 7) is 0.308. The Morgan fingerprint density at radius 1 is 1.13 bits per heavy atom. The number of anilines is 1. The molecular weight excluding hydrogens is 436 g/mol. The van der Waals surface area contributed by atoms with E-state index in [-0.39, 0.29) is 10.2 Å². The van der Waals surface area contributed by atoms with Crippen LogP contribution in [-0.2, 0) is 27.7 Å². The van der Waals surface area contributed by atoms with Crippen molar-refractivity contribution in [2.45, 2.75) is 48.8 Å². The standard InChI is InChI=1S/C21H22N4O4S2/c26-19(17-7-3-11-25(17)31(27,28)18-8-4-12-30-18)22-21-24-23-20(29-21)16-10-9-14-5-1-2-6-15(14)13-16/h4,8-10,12-13,17H,1-3,5-7,11H2,(H,22,24,26). The quantitative estimate of drug-likeness (QED) is 0.628. The molecular formula is C21H22N4O4S2. The second-order valence-corrected chi connectivity index (χ2v) is 10.9. The first-order chi connectivity index (χ1) is 15.0. The monoisotopic (exact) mass is 458 g/mol. The first kappa shape index (κ1) is 20.3. The van der Waals surface area contributed by atoms with Crippen LogP contribution in [-0.4, -0.2) is 41.4 Å². The van der Waals surface area contributed by atoms with Crippen LogP contribution < -0.4 is 5.32 Å². The SMILES string of the molecule is O=C(Nc1nnc(-c2ccc3c(c2)CCCC3)o1)C1CCCN1S(=O)(=O)c1cccs1. The minimum absolute atomic E-state index is 0.0295. The fourth-order valence-corrected chi connectivity index (χ4v) is 7.04. The third kappa shape index (κ3) is 3.90. The average molecular weight is 459 g/mol. The highest BCUT2D eigenvalue weighted by Gasteiger charge is 2.40. The van der Waals surface area contributed by atoms with Crippen molar-refractivity contribution in [1.82, 2.24) is 14.5 Å². The molecule has 8 nitrogen and oxygen atoms in total. The highest BCUT2D eigenvalue weighted by atomic mass is 32.2. The van der Waals surface area contributed by atoms with Gasteiger partial charge in [-0.3, -0.25) is 10.1 Å². The van der Waals surface area contributed by atoms with Crippen LogP contribution in [0.25, 0.3) is 11.5 Å². The van der Waals surface area contributed by atoms with Crippen molar-refractivity contribution in [1.29, 1.82) is 0 Å². The van der Waals surface area contributed by atoms with Gasteiger partial charge in [0.1, 0.15) is 10.3 Å². The first-order valence-corrected chi connectivity index (χ1v) is 12.7. The van der Waals surface area contributed by atoms with Gasteiger partial charge in [0.25, 0.3) is 10.0 Å². The van der Waals surface area contributed by atoms with Crippen LogP contribution in [0.5, 0.6) is 0 Å². The zero-order valence-electron chi connectivity index (χ0n) is 16.8. The van der Waals surface area contributed by atoms with Gasteiger partial charge in [-0.2, -0.15) is 4.31 Å². The van der Waals surface area contributed by atoms with E-state index >= 15 is 0 Å². The number of aryl methyl sites for hydroxylation is 2. The zero-order chi connectivity index (χ0) is 21.4. The minimum atomic E-state index is -3.70. The zero-order valence-corrected chi connectivity index (χ0v) is 18.4. The summed E-state index contributed by atoms with van der Waals surface area (Å²) >= 11 is 1.14. The molecule has 1 atom stereocenters. The van der Waals surface area contributed by atoms with Crippen molar-refractivity contribution < 1.29 is 17.6 Å². The highest BCUT2D eigenvalue weighted by molar-refractivity contribution is 7.91. The van der Waals surface area contributed by atoms with Gasteiger partial charge in [-0.05, 0) is 73.2 Å². The lowest BCUT2D eigenvalue weighted by molar-refractivity contribution is -0.119. The summed E-state index contributed by atoms with van der Waals surface area (Å²) < 4.78 is 32.9. The first-order valence-electron chi connectivity index (χ1n) is 10.3. The summed E-state index contributed by atoms with van der Waals surface area (Å²) in [4.78, 5) is 12.8. The Morgan fingerprint density at radius 2 is 1.97 bits per heavy atom. The average Bonchev–Trinajstić information content (AvgIpc) is 3.55. The molecule has 5 rings (SSSR count). The summed E-state index contributed by atoms with van der Waals surface area (Å²) in [6.07, 6.45) is 5.58. The van der Waals surface area contributed by atoms with Crippen molar-refractivity contribution in [3.8, 4) is 11.5 Å². The summed E-state index contributed by atoms with van der Waals surface area (Å²) in [6, 6.07) is 8.52. The molecule has 1 aliphatic heterocycles. The van der Waals surface area contributed by atoms with Gasteiger partial charge in [0.05, 0.1) is 0 Å². The molecule has 1 aliphatic carbocycles. The molecule has 10 heteroatoms. The minimum Gasteiger partial charge on any atom is -0.403 e. The van der Waals surface area contributed by atoms with E-state index in [1.807, 2.05) is 6.07 Å². The van der Waals surface area contributed by atoms with Gasteiger partial charge in [-0.25, -0.2) is 8.42 Å². The number of nitrogens with zero attached hydrogens (tertiary/aromatic N) is 3. The van der Waals surface area contributed by atoms with Crippen LogP contribution in [0.4, 0.5) is 6.01 Å². The fraction of sp³-hybridized carbons (Fsp3) is 0.381. The van der Waals surface area contributed by atoms with Gasteiger partial charge in [-0.1, -0.05) is 17.2 Å². The van der Waals surface area contributed by atoms with Crippen molar-refractivity contribution >= 4 is 33.3 Å². The molecule has 1 fully saturated rings. The molecule has 3 aromatic rings. The van der Waals surface area contributed by atoms with E-state index in [4.69, 9.17) is 4.42 Å². The Bertz CT molecular complexity index is 1200. The van der Waals surface area contributed by atoms with Crippen molar-refractivity contribution in [3.63, 3.8) is 0 Å². The molecule has 0 radical (unpaired) electrons. The van der Waals surface area contributed by atoms with E-state index in [0.717, 1.165) is 29.7 Å². The highest BCUT2D eigenvalue weighted by Crippen LogP contribution is 2.30. The number of carbonyl (C=O) groups is 1.